The molecule has 9 heteroatoms. The van der Waals surface area contributed by atoms with Crippen LogP contribution >= 0.6 is 23.2 Å². The number of rotatable bonds is 6. The van der Waals surface area contributed by atoms with E-state index < -0.39 is 5.82 Å². The van der Waals surface area contributed by atoms with Crippen LogP contribution in [0.3, 0.4) is 0 Å². The van der Waals surface area contributed by atoms with Crippen LogP contribution in [0.2, 0.25) is 10.0 Å². The second-order valence-electron chi connectivity index (χ2n) is 6.40. The number of aromatic nitrogens is 2. The summed E-state index contributed by atoms with van der Waals surface area (Å²) in [6.45, 7) is 1.79. The Balaban J connectivity index is 1.78. The molecule has 1 aromatic heterocycles. The van der Waals surface area contributed by atoms with Gasteiger partial charge in [-0.05, 0) is 18.2 Å². The molecule has 146 valence electrons. The van der Waals surface area contributed by atoms with E-state index in [1.54, 1.807) is 0 Å². The van der Waals surface area contributed by atoms with Crippen LogP contribution in [0.1, 0.15) is 11.5 Å². The molecule has 1 fully saturated rings. The summed E-state index contributed by atoms with van der Waals surface area (Å²) in [4.78, 5) is 8.57. The van der Waals surface area contributed by atoms with Crippen LogP contribution in [0.15, 0.2) is 30.6 Å². The minimum atomic E-state index is -0.646. The molecule has 0 bridgehead atoms. The quantitative estimate of drug-likeness (QED) is 0.523. The fraction of sp³-hybridized carbons (Fsp3) is 0.263. The average Bonchev–Trinajstić information content (AvgIpc) is 2.66. The van der Waals surface area contributed by atoms with Crippen molar-refractivity contribution in [3.63, 3.8) is 0 Å². The van der Waals surface area contributed by atoms with Crippen molar-refractivity contribution in [1.82, 2.24) is 15.3 Å². The van der Waals surface area contributed by atoms with E-state index in [2.05, 4.69) is 20.6 Å². The molecule has 0 saturated carbocycles. The predicted molar refractivity (Wildman–Crippen MR) is 107 cm³/mol. The van der Waals surface area contributed by atoms with Crippen molar-refractivity contribution in [2.45, 2.75) is 5.92 Å². The number of hydrogen-bond donors (Lipinski definition) is 3. The highest BCUT2D eigenvalue weighted by atomic mass is 35.5. The number of aliphatic hydroxyl groups is 1. The predicted octanol–water partition coefficient (Wildman–Crippen LogP) is 3.88. The van der Waals surface area contributed by atoms with Crippen molar-refractivity contribution in [2.75, 3.05) is 31.6 Å². The van der Waals surface area contributed by atoms with Crippen molar-refractivity contribution in [2.24, 2.45) is 0 Å². The van der Waals surface area contributed by atoms with Gasteiger partial charge in [-0.2, -0.15) is 0 Å². The lowest BCUT2D eigenvalue weighted by atomic mass is 9.91. The number of aliphatic hydroxyl groups excluding tert-OH is 1. The normalized spacial score (nSPS) is 14.1. The summed E-state index contributed by atoms with van der Waals surface area (Å²) < 4.78 is 20.2. The Hall–Kier alpha value is -2.19. The fourth-order valence-electron chi connectivity index (χ4n) is 3.06. The Kier molecular flexibility index (Phi) is 5.50. The Morgan fingerprint density at radius 2 is 2.07 bits per heavy atom. The molecule has 1 saturated heterocycles. The summed E-state index contributed by atoms with van der Waals surface area (Å²) in [5, 5.41) is 16.0. The highest BCUT2D eigenvalue weighted by molar-refractivity contribution is 6.42. The number of benzene rings is 2. The first-order valence-electron chi connectivity index (χ1n) is 8.72. The number of anilines is 2. The van der Waals surface area contributed by atoms with E-state index in [1.165, 1.54) is 18.5 Å². The smallest absolute Gasteiger partial charge is 0.166 e. The monoisotopic (exact) mass is 422 g/mol. The van der Waals surface area contributed by atoms with Crippen LogP contribution in [-0.2, 0) is 0 Å². The summed E-state index contributed by atoms with van der Waals surface area (Å²) in [5.74, 6) is 0.767. The van der Waals surface area contributed by atoms with Gasteiger partial charge < -0.3 is 20.5 Å². The van der Waals surface area contributed by atoms with Crippen LogP contribution < -0.4 is 15.4 Å². The van der Waals surface area contributed by atoms with Gasteiger partial charge in [-0.25, -0.2) is 14.4 Å². The molecule has 1 aliphatic rings. The van der Waals surface area contributed by atoms with Gasteiger partial charge in [0.2, 0.25) is 0 Å². The van der Waals surface area contributed by atoms with Crippen molar-refractivity contribution in [3.05, 3.63) is 52.0 Å². The molecule has 1 aliphatic heterocycles. The average molecular weight is 423 g/mol. The van der Waals surface area contributed by atoms with E-state index in [1.807, 2.05) is 12.1 Å². The summed E-state index contributed by atoms with van der Waals surface area (Å²) in [7, 11) is 0. The van der Waals surface area contributed by atoms with Gasteiger partial charge in [-0.15, -0.1) is 0 Å². The first-order chi connectivity index (χ1) is 13.6. The summed E-state index contributed by atoms with van der Waals surface area (Å²) in [5.41, 5.74) is 1.80. The van der Waals surface area contributed by atoms with Crippen molar-refractivity contribution in [3.8, 4) is 5.75 Å². The van der Waals surface area contributed by atoms with Gasteiger partial charge in [0.1, 0.15) is 24.5 Å². The second-order valence-corrected chi connectivity index (χ2v) is 7.19. The van der Waals surface area contributed by atoms with E-state index in [0.29, 0.717) is 17.1 Å². The van der Waals surface area contributed by atoms with E-state index in [9.17, 15) is 4.39 Å². The molecule has 0 spiro atoms. The number of hydrogen-bond acceptors (Lipinski definition) is 6. The Bertz CT molecular complexity index is 1030. The van der Waals surface area contributed by atoms with Crippen LogP contribution in [-0.4, -0.2) is 41.4 Å². The Labute approximate surface area is 170 Å². The van der Waals surface area contributed by atoms with Gasteiger partial charge in [0.25, 0.3) is 0 Å². The summed E-state index contributed by atoms with van der Waals surface area (Å²) in [6.07, 6.45) is 1.39. The molecule has 0 amide bonds. The summed E-state index contributed by atoms with van der Waals surface area (Å²) in [6, 6.07) is 6.79. The highest BCUT2D eigenvalue weighted by Crippen LogP contribution is 2.37. The fourth-order valence-corrected chi connectivity index (χ4v) is 3.37. The van der Waals surface area contributed by atoms with Crippen LogP contribution in [0.5, 0.6) is 5.75 Å². The third-order valence-corrected chi connectivity index (χ3v) is 5.41. The third-order valence-electron chi connectivity index (χ3n) is 4.63. The first kappa shape index (κ1) is 19.1. The minimum Gasteiger partial charge on any atom is -0.491 e. The lowest BCUT2D eigenvalue weighted by molar-refractivity contribution is 0.199. The zero-order chi connectivity index (χ0) is 19.7. The van der Waals surface area contributed by atoms with Gasteiger partial charge in [0.05, 0.1) is 27.9 Å². The molecule has 0 aliphatic carbocycles. The number of fused-ring (bicyclic) bond motifs is 1. The van der Waals surface area contributed by atoms with E-state index in [-0.39, 0.29) is 34.9 Å². The molecule has 3 aromatic rings. The number of nitrogens with zero attached hydrogens (tertiary/aromatic N) is 2. The van der Waals surface area contributed by atoms with Gasteiger partial charge in [-0.1, -0.05) is 23.2 Å². The number of nitrogens with one attached hydrogen (secondary N) is 2. The second kappa shape index (κ2) is 8.05. The van der Waals surface area contributed by atoms with E-state index in [0.717, 1.165) is 24.0 Å². The first-order valence-corrected chi connectivity index (χ1v) is 9.47. The molecule has 0 atom stereocenters. The Morgan fingerprint density at radius 1 is 1.25 bits per heavy atom. The lowest BCUT2D eigenvalue weighted by Gasteiger charge is -2.29. The topological polar surface area (TPSA) is 79.3 Å². The number of halogens is 3. The van der Waals surface area contributed by atoms with E-state index in [4.69, 9.17) is 33.0 Å². The van der Waals surface area contributed by atoms with Crippen LogP contribution in [0.25, 0.3) is 10.9 Å². The van der Waals surface area contributed by atoms with E-state index >= 15 is 0 Å². The lowest BCUT2D eigenvalue weighted by Crippen LogP contribution is -2.40. The molecule has 0 unspecified atom stereocenters. The van der Waals surface area contributed by atoms with Crippen molar-refractivity contribution >= 4 is 45.6 Å². The van der Waals surface area contributed by atoms with Crippen molar-refractivity contribution < 1.29 is 14.2 Å². The summed E-state index contributed by atoms with van der Waals surface area (Å²) >= 11 is 11.8. The molecule has 28 heavy (non-hydrogen) atoms. The molecular weight excluding hydrogens is 406 g/mol. The SMILES string of the molecule is OCCOc1cc2ncnc(Nc3ccc(Cl)c(Cl)c3F)c2cc1C1CNC1. The molecule has 2 aromatic carbocycles. The largest absolute Gasteiger partial charge is 0.491 e. The molecule has 4 rings (SSSR count). The maximum absolute atomic E-state index is 14.4. The molecular formula is C19H17Cl2FN4O2. The van der Waals surface area contributed by atoms with Crippen LogP contribution in [0, 0.1) is 5.82 Å². The molecule has 3 N–H and O–H groups in total. The highest BCUT2D eigenvalue weighted by Gasteiger charge is 2.24. The zero-order valence-electron chi connectivity index (χ0n) is 14.7. The van der Waals surface area contributed by atoms with Gasteiger partial charge in [0.15, 0.2) is 5.82 Å². The minimum absolute atomic E-state index is 0.0758. The zero-order valence-corrected chi connectivity index (χ0v) is 16.2. The molecule has 2 heterocycles. The number of ether oxygens (including phenoxy) is 1. The standard InChI is InChI=1S/C19H17Cl2FN4O2/c20-13-1-2-14(18(22)17(13)21)26-19-12-5-11(10-7-23-8-10)16(28-4-3-27)6-15(12)24-9-25-19/h1-2,5-6,9-10,23,27H,3-4,7-8H2,(H,24,25,26). The maximum atomic E-state index is 14.4. The van der Waals surface area contributed by atoms with Gasteiger partial charge >= 0.3 is 0 Å². The molecule has 6 nitrogen and oxygen atoms in total. The Morgan fingerprint density at radius 3 is 2.79 bits per heavy atom. The maximum Gasteiger partial charge on any atom is 0.166 e. The van der Waals surface area contributed by atoms with Crippen molar-refractivity contribution in [1.29, 1.82) is 0 Å². The van der Waals surface area contributed by atoms with Gasteiger partial charge in [0, 0.05) is 36.0 Å². The van der Waals surface area contributed by atoms with Gasteiger partial charge in [-0.3, -0.25) is 0 Å². The van der Waals surface area contributed by atoms with Crippen LogP contribution in [0.4, 0.5) is 15.9 Å². The third kappa shape index (κ3) is 3.58. The molecule has 0 radical (unpaired) electrons.